The number of rotatable bonds is 6. The minimum Gasteiger partial charge on any atom is -0.353 e. The minimum atomic E-state index is 0.414. The van der Waals surface area contributed by atoms with Crippen molar-refractivity contribution in [2.24, 2.45) is 0 Å². The molecular weight excluding hydrogens is 238 g/mol. The van der Waals surface area contributed by atoms with E-state index in [4.69, 9.17) is 5.26 Å². The average Bonchev–Trinajstić information content (AvgIpc) is 2.46. The number of aryl methyl sites for hydroxylation is 1. The Hall–Kier alpha value is -2.14. The third-order valence-electron chi connectivity index (χ3n) is 3.11. The summed E-state index contributed by atoms with van der Waals surface area (Å²) in [6, 6.07) is 4.37. The van der Waals surface area contributed by atoms with E-state index in [0.717, 1.165) is 24.1 Å². The molecule has 0 fully saturated rings. The molecule has 0 aromatic carbocycles. The second-order valence-electron chi connectivity index (χ2n) is 4.13. The molecule has 0 bridgehead atoms. The molecule has 0 N–H and O–H groups in total. The molecule has 0 aliphatic rings. The Kier molecular flexibility index (Phi) is 5.75. The number of anilines is 1. The van der Waals surface area contributed by atoms with Gasteiger partial charge in [-0.15, -0.1) is 5.10 Å². The van der Waals surface area contributed by atoms with Crippen LogP contribution >= 0.6 is 0 Å². The van der Waals surface area contributed by atoms with E-state index in [2.05, 4.69) is 22.3 Å². The number of hydrogen-bond acceptors (Lipinski definition) is 5. The first-order chi connectivity index (χ1) is 9.23. The quantitative estimate of drug-likeness (QED) is 0.781. The van der Waals surface area contributed by atoms with E-state index in [0.29, 0.717) is 30.9 Å². The van der Waals surface area contributed by atoms with Crippen LogP contribution in [0.15, 0.2) is 0 Å². The van der Waals surface area contributed by atoms with Crippen LogP contribution in [0.25, 0.3) is 0 Å². The maximum absolute atomic E-state index is 9.41. The fourth-order valence-corrected chi connectivity index (χ4v) is 2.10. The van der Waals surface area contributed by atoms with E-state index in [-0.39, 0.29) is 0 Å². The lowest BCUT2D eigenvalue weighted by Crippen LogP contribution is -2.27. The van der Waals surface area contributed by atoms with Crippen LogP contribution in [0.1, 0.15) is 44.0 Å². The fourth-order valence-electron chi connectivity index (χ4n) is 2.10. The predicted molar refractivity (Wildman–Crippen MR) is 73.6 cm³/mol. The molecule has 0 radical (unpaired) electrons. The number of hydrogen-bond donors (Lipinski definition) is 0. The van der Waals surface area contributed by atoms with Crippen molar-refractivity contribution in [2.45, 2.75) is 40.0 Å². The Labute approximate surface area is 114 Å². The normalized spacial score (nSPS) is 9.74. The molecule has 5 nitrogen and oxygen atoms in total. The lowest BCUT2D eigenvalue weighted by atomic mass is 10.0. The van der Waals surface area contributed by atoms with E-state index < -0.39 is 0 Å². The summed E-state index contributed by atoms with van der Waals surface area (Å²) in [6.07, 6.45) is 1.96. The van der Waals surface area contributed by atoms with Crippen LogP contribution in [0.2, 0.25) is 0 Å². The first kappa shape index (κ1) is 14.9. The van der Waals surface area contributed by atoms with E-state index >= 15 is 0 Å². The first-order valence-corrected chi connectivity index (χ1v) is 6.63. The zero-order valence-electron chi connectivity index (χ0n) is 11.8. The second kappa shape index (κ2) is 7.33. The molecule has 1 rings (SSSR count). The molecular formula is C14H19N5. The highest BCUT2D eigenvalue weighted by Gasteiger charge is 2.18. The molecule has 0 unspecified atom stereocenters. The Bertz CT molecular complexity index is 510. The third kappa shape index (κ3) is 3.20. The number of nitrogens with zero attached hydrogens (tertiary/aromatic N) is 5. The molecule has 100 valence electrons. The maximum Gasteiger partial charge on any atom is 0.169 e. The molecule has 0 spiro atoms. The zero-order chi connectivity index (χ0) is 14.3. The Balaban J connectivity index is 3.28. The molecule has 0 amide bonds. The topological polar surface area (TPSA) is 76.6 Å². The Morgan fingerprint density at radius 1 is 1.11 bits per heavy atom. The highest BCUT2D eigenvalue weighted by Crippen LogP contribution is 2.23. The van der Waals surface area contributed by atoms with E-state index in [1.54, 1.807) is 0 Å². The molecule has 0 aliphatic carbocycles. The number of nitriles is 2. The lowest BCUT2D eigenvalue weighted by Gasteiger charge is -2.22. The van der Waals surface area contributed by atoms with Crippen molar-refractivity contribution in [3.05, 3.63) is 16.8 Å². The average molecular weight is 257 g/mol. The van der Waals surface area contributed by atoms with E-state index in [9.17, 15) is 5.26 Å². The summed E-state index contributed by atoms with van der Waals surface area (Å²) in [5.41, 5.74) is 2.47. The Morgan fingerprint density at radius 2 is 1.84 bits per heavy atom. The van der Waals surface area contributed by atoms with Gasteiger partial charge in [-0.05, 0) is 25.3 Å². The van der Waals surface area contributed by atoms with Gasteiger partial charge in [-0.3, -0.25) is 0 Å². The molecule has 0 atom stereocenters. The smallest absolute Gasteiger partial charge is 0.169 e. The highest BCUT2D eigenvalue weighted by molar-refractivity contribution is 5.58. The summed E-state index contributed by atoms with van der Waals surface area (Å²) < 4.78 is 0. The van der Waals surface area contributed by atoms with E-state index in [1.165, 1.54) is 0 Å². The SMILES string of the molecule is CCc1nnc(N(CC)CCC#N)c(C#N)c1CC. The van der Waals surface area contributed by atoms with Crippen LogP contribution in [0.4, 0.5) is 5.82 Å². The summed E-state index contributed by atoms with van der Waals surface area (Å²) in [6.45, 7) is 7.30. The molecule has 1 aromatic heterocycles. The van der Waals surface area contributed by atoms with Crippen LogP contribution in [-0.2, 0) is 12.8 Å². The van der Waals surface area contributed by atoms with Gasteiger partial charge in [-0.1, -0.05) is 13.8 Å². The van der Waals surface area contributed by atoms with Gasteiger partial charge in [-0.25, -0.2) is 0 Å². The highest BCUT2D eigenvalue weighted by atomic mass is 15.3. The molecule has 1 heterocycles. The maximum atomic E-state index is 9.41. The summed E-state index contributed by atoms with van der Waals surface area (Å²) in [4.78, 5) is 1.94. The van der Waals surface area contributed by atoms with Gasteiger partial charge in [0.15, 0.2) is 5.82 Å². The lowest BCUT2D eigenvalue weighted by molar-refractivity contribution is 0.774. The predicted octanol–water partition coefficient (Wildman–Crippen LogP) is 2.21. The molecule has 5 heteroatoms. The van der Waals surface area contributed by atoms with Crippen LogP contribution < -0.4 is 4.90 Å². The molecule has 0 saturated heterocycles. The van der Waals surface area contributed by atoms with Crippen molar-refractivity contribution in [2.75, 3.05) is 18.0 Å². The number of aromatic nitrogens is 2. The largest absolute Gasteiger partial charge is 0.353 e. The molecule has 19 heavy (non-hydrogen) atoms. The van der Waals surface area contributed by atoms with Crippen LogP contribution in [0.5, 0.6) is 0 Å². The van der Waals surface area contributed by atoms with Gasteiger partial charge in [0.1, 0.15) is 11.6 Å². The van der Waals surface area contributed by atoms with Crippen LogP contribution in [0, 0.1) is 22.7 Å². The van der Waals surface area contributed by atoms with E-state index in [1.807, 2.05) is 25.7 Å². The van der Waals surface area contributed by atoms with Crippen LogP contribution in [-0.4, -0.2) is 23.3 Å². The van der Waals surface area contributed by atoms with Crippen molar-refractivity contribution < 1.29 is 0 Å². The van der Waals surface area contributed by atoms with Gasteiger partial charge in [0.25, 0.3) is 0 Å². The van der Waals surface area contributed by atoms with Gasteiger partial charge in [0.05, 0.1) is 18.2 Å². The van der Waals surface area contributed by atoms with Gasteiger partial charge in [0.2, 0.25) is 0 Å². The van der Waals surface area contributed by atoms with Crippen molar-refractivity contribution in [3.8, 4) is 12.1 Å². The minimum absolute atomic E-state index is 0.414. The molecule has 1 aromatic rings. The summed E-state index contributed by atoms with van der Waals surface area (Å²) >= 11 is 0. The van der Waals surface area contributed by atoms with Crippen molar-refractivity contribution in [3.63, 3.8) is 0 Å². The van der Waals surface area contributed by atoms with Crippen LogP contribution in [0.3, 0.4) is 0 Å². The van der Waals surface area contributed by atoms with Gasteiger partial charge >= 0.3 is 0 Å². The fraction of sp³-hybridized carbons (Fsp3) is 0.571. The molecule has 0 aliphatic heterocycles. The van der Waals surface area contributed by atoms with Crippen molar-refractivity contribution >= 4 is 5.82 Å². The monoisotopic (exact) mass is 257 g/mol. The third-order valence-corrected chi connectivity index (χ3v) is 3.11. The molecule has 0 saturated carbocycles. The zero-order valence-corrected chi connectivity index (χ0v) is 11.8. The second-order valence-corrected chi connectivity index (χ2v) is 4.13. The standard InChI is InChI=1S/C14H19N5/c1-4-11-12(10-16)14(18-17-13(11)5-2)19(6-3)9-7-8-15/h4-7,9H2,1-3H3. The van der Waals surface area contributed by atoms with Gasteiger partial charge < -0.3 is 4.90 Å². The first-order valence-electron chi connectivity index (χ1n) is 6.63. The summed E-state index contributed by atoms with van der Waals surface area (Å²) in [5.74, 6) is 0.606. The van der Waals surface area contributed by atoms with Crippen molar-refractivity contribution in [1.29, 1.82) is 10.5 Å². The van der Waals surface area contributed by atoms with Gasteiger partial charge in [0, 0.05) is 13.1 Å². The van der Waals surface area contributed by atoms with Gasteiger partial charge in [-0.2, -0.15) is 15.6 Å². The summed E-state index contributed by atoms with van der Waals surface area (Å²) in [7, 11) is 0. The Morgan fingerprint density at radius 3 is 2.32 bits per heavy atom. The van der Waals surface area contributed by atoms with Crippen molar-refractivity contribution in [1.82, 2.24) is 10.2 Å². The summed E-state index contributed by atoms with van der Waals surface area (Å²) in [5, 5.41) is 26.5.